The molecule has 21 heavy (non-hydrogen) atoms. The van der Waals surface area contributed by atoms with E-state index in [4.69, 9.17) is 0 Å². The van der Waals surface area contributed by atoms with Crippen molar-refractivity contribution in [3.63, 3.8) is 0 Å². The smallest absolute Gasteiger partial charge is 0.261 e. The first-order chi connectivity index (χ1) is 10.1. The largest absolute Gasteiger partial charge is 0.298 e. The van der Waals surface area contributed by atoms with Gasteiger partial charge in [0.1, 0.15) is 0 Å². The molecule has 0 saturated heterocycles. The van der Waals surface area contributed by atoms with E-state index in [0.717, 1.165) is 21.9 Å². The first-order valence-corrected chi connectivity index (χ1v) is 9.26. The third-order valence-corrected chi connectivity index (χ3v) is 6.17. The second-order valence-corrected chi connectivity index (χ2v) is 7.51. The molecule has 1 heterocycles. The Balaban J connectivity index is 2.00. The molecule has 0 bridgehead atoms. The predicted molar refractivity (Wildman–Crippen MR) is 93.0 cm³/mol. The van der Waals surface area contributed by atoms with E-state index < -0.39 is 0 Å². The van der Waals surface area contributed by atoms with E-state index in [-0.39, 0.29) is 11.0 Å². The summed E-state index contributed by atoms with van der Waals surface area (Å²) in [5.41, 5.74) is 1.02. The molecular weight excluding hydrogens is 396 g/mol. The van der Waals surface area contributed by atoms with Crippen molar-refractivity contribution in [3.8, 4) is 0 Å². The van der Waals surface area contributed by atoms with Crippen LogP contribution in [0.2, 0.25) is 0 Å². The van der Waals surface area contributed by atoms with Gasteiger partial charge in [0.05, 0.1) is 17.2 Å². The summed E-state index contributed by atoms with van der Waals surface area (Å²) in [5, 5.41) is 1.63. The maximum absolute atomic E-state index is 12.7. The number of rotatable bonds is 3. The van der Waals surface area contributed by atoms with Crippen molar-refractivity contribution in [2.75, 3.05) is 5.33 Å². The molecule has 0 spiro atoms. The van der Waals surface area contributed by atoms with Crippen molar-refractivity contribution < 1.29 is 0 Å². The van der Waals surface area contributed by atoms with Crippen molar-refractivity contribution in [1.82, 2.24) is 9.55 Å². The zero-order valence-corrected chi connectivity index (χ0v) is 15.0. The molecule has 3 nitrogen and oxygen atoms in total. The average molecular weight is 414 g/mol. The zero-order valence-electron chi connectivity index (χ0n) is 11.8. The number of nitrogens with zero attached hydrogens (tertiary/aromatic N) is 2. The van der Waals surface area contributed by atoms with Gasteiger partial charge in [-0.05, 0) is 36.5 Å². The van der Waals surface area contributed by atoms with Gasteiger partial charge in [0.25, 0.3) is 5.56 Å². The molecule has 1 aromatic heterocycles. The maximum Gasteiger partial charge on any atom is 0.261 e. The van der Waals surface area contributed by atoms with Crippen molar-refractivity contribution in [1.29, 1.82) is 0 Å². The van der Waals surface area contributed by atoms with Gasteiger partial charge in [-0.15, -0.1) is 0 Å². The highest BCUT2D eigenvalue weighted by atomic mass is 79.9. The summed E-state index contributed by atoms with van der Waals surface area (Å²) in [5.74, 6) is 0. The van der Waals surface area contributed by atoms with Gasteiger partial charge < -0.3 is 0 Å². The summed E-state index contributed by atoms with van der Waals surface area (Å²) in [6.45, 7) is 0.756. The van der Waals surface area contributed by atoms with E-state index in [1.54, 1.807) is 10.9 Å². The number of halogens is 2. The van der Waals surface area contributed by atoms with Crippen LogP contribution in [0.5, 0.6) is 0 Å². The van der Waals surface area contributed by atoms with Gasteiger partial charge in [-0.2, -0.15) is 0 Å². The molecular formula is C16H18Br2N2O. The van der Waals surface area contributed by atoms with E-state index in [0.29, 0.717) is 5.39 Å². The third kappa shape index (κ3) is 3.09. The lowest BCUT2D eigenvalue weighted by Gasteiger charge is -2.36. The maximum atomic E-state index is 12.7. The Morgan fingerprint density at radius 3 is 2.71 bits per heavy atom. The Morgan fingerprint density at radius 2 is 2.00 bits per heavy atom. The highest BCUT2D eigenvalue weighted by Crippen LogP contribution is 2.39. The van der Waals surface area contributed by atoms with Crippen molar-refractivity contribution in [2.24, 2.45) is 5.41 Å². The number of hydrogen-bond acceptors (Lipinski definition) is 2. The minimum Gasteiger partial charge on any atom is -0.298 e. The van der Waals surface area contributed by atoms with Crippen LogP contribution in [0.25, 0.3) is 10.9 Å². The lowest BCUT2D eigenvalue weighted by molar-refractivity contribution is 0.188. The minimum absolute atomic E-state index is 0.0622. The number of fused-ring (bicyclic) bond motifs is 1. The minimum atomic E-state index is 0.0622. The fourth-order valence-electron chi connectivity index (χ4n) is 3.24. The number of benzene rings is 1. The summed E-state index contributed by atoms with van der Waals surface area (Å²) in [7, 11) is 0. The van der Waals surface area contributed by atoms with Gasteiger partial charge in [0, 0.05) is 16.3 Å². The second-order valence-electron chi connectivity index (χ2n) is 6.03. The number of aromatic nitrogens is 2. The van der Waals surface area contributed by atoms with Crippen LogP contribution < -0.4 is 5.56 Å². The SMILES string of the molecule is O=c1c2cc(Br)ccc2ncn1CC1(CBr)CCCCC1. The number of alkyl halides is 1. The molecule has 0 atom stereocenters. The van der Waals surface area contributed by atoms with Crippen LogP contribution >= 0.6 is 31.9 Å². The van der Waals surface area contributed by atoms with Crippen molar-refractivity contribution in [3.05, 3.63) is 39.4 Å². The fourth-order valence-corrected chi connectivity index (χ4v) is 4.34. The van der Waals surface area contributed by atoms with Gasteiger partial charge in [0.15, 0.2) is 0 Å². The summed E-state index contributed by atoms with van der Waals surface area (Å²) in [6, 6.07) is 5.66. The molecule has 1 aromatic carbocycles. The number of hydrogen-bond donors (Lipinski definition) is 0. The Kier molecular flexibility index (Phi) is 4.50. The van der Waals surface area contributed by atoms with Gasteiger partial charge in [-0.3, -0.25) is 9.36 Å². The summed E-state index contributed by atoms with van der Waals surface area (Å²) in [6.07, 6.45) is 7.90. The molecule has 2 aromatic rings. The first-order valence-electron chi connectivity index (χ1n) is 7.34. The van der Waals surface area contributed by atoms with Crippen LogP contribution in [0.1, 0.15) is 32.1 Å². The predicted octanol–water partition coefficient (Wildman–Crippen LogP) is 4.50. The summed E-state index contributed by atoms with van der Waals surface area (Å²) in [4.78, 5) is 17.1. The van der Waals surface area contributed by atoms with E-state index >= 15 is 0 Å². The van der Waals surface area contributed by atoms with Crippen LogP contribution in [0.3, 0.4) is 0 Å². The molecule has 1 saturated carbocycles. The first kappa shape index (κ1) is 15.2. The molecule has 1 fully saturated rings. The normalized spacial score (nSPS) is 18.0. The second kappa shape index (κ2) is 6.21. The Bertz CT molecular complexity index is 705. The van der Waals surface area contributed by atoms with Crippen LogP contribution in [-0.2, 0) is 6.54 Å². The topological polar surface area (TPSA) is 34.9 Å². The highest BCUT2D eigenvalue weighted by Gasteiger charge is 2.31. The van der Waals surface area contributed by atoms with Gasteiger partial charge in [-0.25, -0.2) is 4.98 Å². The van der Waals surface area contributed by atoms with E-state index in [1.165, 1.54) is 32.1 Å². The van der Waals surface area contributed by atoms with Crippen LogP contribution in [0.15, 0.2) is 33.8 Å². The molecule has 3 rings (SSSR count). The molecule has 1 aliphatic rings. The molecule has 112 valence electrons. The quantitative estimate of drug-likeness (QED) is 0.694. The average Bonchev–Trinajstić information content (AvgIpc) is 2.52. The van der Waals surface area contributed by atoms with Gasteiger partial charge in [0.2, 0.25) is 0 Å². The van der Waals surface area contributed by atoms with Crippen LogP contribution in [0.4, 0.5) is 0 Å². The Hall–Kier alpha value is -0.680. The summed E-state index contributed by atoms with van der Waals surface area (Å²) >= 11 is 7.10. The molecule has 0 radical (unpaired) electrons. The Morgan fingerprint density at radius 1 is 1.24 bits per heavy atom. The lowest BCUT2D eigenvalue weighted by atomic mass is 9.75. The monoisotopic (exact) mass is 412 g/mol. The van der Waals surface area contributed by atoms with Crippen molar-refractivity contribution in [2.45, 2.75) is 38.6 Å². The fraction of sp³-hybridized carbons (Fsp3) is 0.500. The van der Waals surface area contributed by atoms with Gasteiger partial charge in [-0.1, -0.05) is 51.1 Å². The van der Waals surface area contributed by atoms with E-state index in [9.17, 15) is 4.79 Å². The lowest BCUT2D eigenvalue weighted by Crippen LogP contribution is -2.35. The molecule has 0 unspecified atom stereocenters. The molecule has 0 aliphatic heterocycles. The Labute approximate surface area is 141 Å². The van der Waals surface area contributed by atoms with Crippen molar-refractivity contribution >= 4 is 42.8 Å². The summed E-state index contributed by atoms with van der Waals surface area (Å²) < 4.78 is 2.71. The van der Waals surface area contributed by atoms with Crippen LogP contribution in [-0.4, -0.2) is 14.9 Å². The molecule has 0 N–H and O–H groups in total. The van der Waals surface area contributed by atoms with Crippen LogP contribution in [0, 0.1) is 5.41 Å². The third-order valence-electron chi connectivity index (χ3n) is 4.49. The van der Waals surface area contributed by atoms with Gasteiger partial charge >= 0.3 is 0 Å². The molecule has 0 amide bonds. The standard InChI is InChI=1S/C16H18Br2N2O/c17-9-16(6-2-1-3-7-16)10-20-11-19-14-5-4-12(18)8-13(14)15(20)21/h4-5,8,11H,1-3,6-7,9-10H2. The van der Waals surface area contributed by atoms with E-state index in [2.05, 4.69) is 36.8 Å². The molecule has 1 aliphatic carbocycles. The van der Waals surface area contributed by atoms with E-state index in [1.807, 2.05) is 18.2 Å². The highest BCUT2D eigenvalue weighted by molar-refractivity contribution is 9.10. The molecule has 5 heteroatoms. The zero-order chi connectivity index (χ0) is 14.9.